The molecule has 0 aromatic heterocycles. The molecule has 0 heterocycles. The molecule has 1 saturated carbocycles. The van der Waals surface area contributed by atoms with Gasteiger partial charge in [0, 0.05) is 12.5 Å². The molecule has 0 radical (unpaired) electrons. The summed E-state index contributed by atoms with van der Waals surface area (Å²) < 4.78 is 12.9. The van der Waals surface area contributed by atoms with Crippen LogP contribution in [-0.4, -0.2) is 11.7 Å². The third-order valence-electron chi connectivity index (χ3n) is 1.67. The van der Waals surface area contributed by atoms with Gasteiger partial charge < -0.3 is 5.73 Å². The van der Waals surface area contributed by atoms with Gasteiger partial charge in [0.25, 0.3) is 0 Å². The summed E-state index contributed by atoms with van der Waals surface area (Å²) in [6, 6.07) is 0.0448. The second-order valence-corrected chi connectivity index (χ2v) is 2.70. The summed E-state index contributed by atoms with van der Waals surface area (Å²) >= 11 is 0. The number of terminal acetylenes is 1. The monoisotopic (exact) mass is 127 g/mol. The minimum Gasteiger partial charge on any atom is -0.327 e. The van der Waals surface area contributed by atoms with E-state index >= 15 is 0 Å². The van der Waals surface area contributed by atoms with Crippen LogP contribution in [0.3, 0.4) is 0 Å². The molecule has 0 spiro atoms. The summed E-state index contributed by atoms with van der Waals surface area (Å²) in [6.07, 6.45) is 6.04. The molecule has 0 amide bonds. The van der Waals surface area contributed by atoms with Crippen molar-refractivity contribution in [3.63, 3.8) is 0 Å². The molecular weight excluding hydrogens is 117 g/mol. The molecule has 9 heavy (non-hydrogen) atoms. The standard InChI is InChI=1S/C7H10FN/c1-2-3-7(8)4-6(9)5-7/h1,6H,3-5,9H2. The molecule has 1 fully saturated rings. The number of hydrogen-bond acceptors (Lipinski definition) is 1. The molecule has 1 aliphatic rings. The Hall–Kier alpha value is -0.550. The maximum atomic E-state index is 12.9. The van der Waals surface area contributed by atoms with E-state index in [1.54, 1.807) is 0 Å². The average Bonchev–Trinajstić information content (AvgIpc) is 1.62. The molecule has 2 heteroatoms. The Kier molecular flexibility index (Phi) is 1.46. The smallest absolute Gasteiger partial charge is 0.124 e. The summed E-state index contributed by atoms with van der Waals surface area (Å²) in [5.74, 6) is 2.30. The Bertz CT molecular complexity index is 141. The maximum Gasteiger partial charge on any atom is 0.124 e. The molecule has 50 valence electrons. The molecule has 1 rings (SSSR count). The number of rotatable bonds is 1. The van der Waals surface area contributed by atoms with Crippen molar-refractivity contribution in [2.75, 3.05) is 0 Å². The first kappa shape index (κ1) is 6.57. The third-order valence-corrected chi connectivity index (χ3v) is 1.67. The largest absolute Gasteiger partial charge is 0.327 e. The van der Waals surface area contributed by atoms with Crippen molar-refractivity contribution >= 4 is 0 Å². The summed E-state index contributed by atoms with van der Waals surface area (Å²) in [5.41, 5.74) is 4.26. The minimum absolute atomic E-state index is 0.0448. The van der Waals surface area contributed by atoms with E-state index in [1.807, 2.05) is 0 Å². The van der Waals surface area contributed by atoms with Crippen LogP contribution in [0.15, 0.2) is 0 Å². The van der Waals surface area contributed by atoms with E-state index in [-0.39, 0.29) is 12.5 Å². The van der Waals surface area contributed by atoms with E-state index in [1.165, 1.54) is 0 Å². The molecule has 1 aliphatic carbocycles. The van der Waals surface area contributed by atoms with Crippen LogP contribution in [0.4, 0.5) is 4.39 Å². The van der Waals surface area contributed by atoms with Gasteiger partial charge in [-0.1, -0.05) is 0 Å². The van der Waals surface area contributed by atoms with Crippen LogP contribution >= 0.6 is 0 Å². The summed E-state index contributed by atoms with van der Waals surface area (Å²) in [7, 11) is 0. The predicted octanol–water partition coefficient (Wildman–Crippen LogP) is 0.839. The Morgan fingerprint density at radius 3 is 2.67 bits per heavy atom. The lowest BCUT2D eigenvalue weighted by atomic mass is 9.76. The van der Waals surface area contributed by atoms with Crippen molar-refractivity contribution in [3.8, 4) is 12.3 Å². The second kappa shape index (κ2) is 2.00. The number of alkyl halides is 1. The molecule has 0 bridgehead atoms. The highest BCUT2D eigenvalue weighted by molar-refractivity contribution is 5.04. The second-order valence-electron chi connectivity index (χ2n) is 2.70. The van der Waals surface area contributed by atoms with Crippen LogP contribution in [0.5, 0.6) is 0 Å². The van der Waals surface area contributed by atoms with Crippen LogP contribution in [0, 0.1) is 12.3 Å². The van der Waals surface area contributed by atoms with Gasteiger partial charge in [-0.2, -0.15) is 0 Å². The van der Waals surface area contributed by atoms with Crippen LogP contribution in [0.1, 0.15) is 19.3 Å². The van der Waals surface area contributed by atoms with Gasteiger partial charge in [0.1, 0.15) is 5.67 Å². The fraction of sp³-hybridized carbons (Fsp3) is 0.714. The van der Waals surface area contributed by atoms with Gasteiger partial charge in [-0.05, 0) is 12.8 Å². The fourth-order valence-electron chi connectivity index (χ4n) is 1.21. The lowest BCUT2D eigenvalue weighted by molar-refractivity contribution is 0.0495. The Morgan fingerprint density at radius 2 is 2.33 bits per heavy atom. The van der Waals surface area contributed by atoms with Gasteiger partial charge in [-0.25, -0.2) is 4.39 Å². The molecule has 0 aromatic carbocycles. The van der Waals surface area contributed by atoms with E-state index in [0.717, 1.165) is 0 Å². The van der Waals surface area contributed by atoms with Gasteiger partial charge in [-0.15, -0.1) is 12.3 Å². The third kappa shape index (κ3) is 1.22. The number of hydrogen-bond donors (Lipinski definition) is 1. The number of halogens is 1. The first-order chi connectivity index (χ1) is 4.16. The van der Waals surface area contributed by atoms with Gasteiger partial charge in [0.2, 0.25) is 0 Å². The van der Waals surface area contributed by atoms with Crippen LogP contribution in [-0.2, 0) is 0 Å². The van der Waals surface area contributed by atoms with Gasteiger partial charge >= 0.3 is 0 Å². The van der Waals surface area contributed by atoms with Crippen LogP contribution < -0.4 is 5.73 Å². The molecule has 0 aliphatic heterocycles. The zero-order valence-electron chi connectivity index (χ0n) is 5.23. The first-order valence-corrected chi connectivity index (χ1v) is 3.04. The van der Waals surface area contributed by atoms with Crippen molar-refractivity contribution in [1.29, 1.82) is 0 Å². The summed E-state index contributed by atoms with van der Waals surface area (Å²) in [6.45, 7) is 0. The van der Waals surface area contributed by atoms with Crippen molar-refractivity contribution in [1.82, 2.24) is 0 Å². The molecule has 0 saturated heterocycles. The maximum absolute atomic E-state index is 12.9. The highest BCUT2D eigenvalue weighted by Crippen LogP contribution is 2.37. The quantitative estimate of drug-likeness (QED) is 0.519. The van der Waals surface area contributed by atoms with E-state index in [9.17, 15) is 4.39 Å². The zero-order valence-corrected chi connectivity index (χ0v) is 5.23. The van der Waals surface area contributed by atoms with Gasteiger partial charge in [-0.3, -0.25) is 0 Å². The molecule has 1 nitrogen and oxygen atoms in total. The lowest BCUT2D eigenvalue weighted by Crippen LogP contribution is -2.48. The van der Waals surface area contributed by atoms with Crippen molar-refractivity contribution in [2.24, 2.45) is 5.73 Å². The SMILES string of the molecule is C#CCC1(F)CC(N)C1. The summed E-state index contributed by atoms with van der Waals surface area (Å²) in [4.78, 5) is 0. The highest BCUT2D eigenvalue weighted by atomic mass is 19.1. The molecule has 2 N–H and O–H groups in total. The Labute approximate surface area is 54.4 Å². The van der Waals surface area contributed by atoms with E-state index in [2.05, 4.69) is 5.92 Å². The van der Waals surface area contributed by atoms with Crippen LogP contribution in [0.2, 0.25) is 0 Å². The summed E-state index contributed by atoms with van der Waals surface area (Å²) in [5, 5.41) is 0. The normalized spacial score (nSPS) is 41.2. The van der Waals surface area contributed by atoms with E-state index in [0.29, 0.717) is 12.8 Å². The Balaban J connectivity index is 2.34. The van der Waals surface area contributed by atoms with Gasteiger partial charge in [0.05, 0.1) is 0 Å². The predicted molar refractivity (Wildman–Crippen MR) is 34.5 cm³/mol. The molecule has 0 atom stereocenters. The van der Waals surface area contributed by atoms with Crippen molar-refractivity contribution in [2.45, 2.75) is 31.0 Å². The van der Waals surface area contributed by atoms with Crippen molar-refractivity contribution in [3.05, 3.63) is 0 Å². The number of nitrogens with two attached hydrogens (primary N) is 1. The Morgan fingerprint density at radius 1 is 1.78 bits per heavy atom. The highest BCUT2D eigenvalue weighted by Gasteiger charge is 2.41. The zero-order chi connectivity index (χ0) is 6.91. The van der Waals surface area contributed by atoms with Crippen molar-refractivity contribution < 1.29 is 4.39 Å². The lowest BCUT2D eigenvalue weighted by Gasteiger charge is -2.37. The molecule has 0 unspecified atom stereocenters. The topological polar surface area (TPSA) is 26.0 Å². The van der Waals surface area contributed by atoms with E-state index < -0.39 is 5.67 Å². The van der Waals surface area contributed by atoms with Crippen LogP contribution in [0.25, 0.3) is 0 Å². The minimum atomic E-state index is -1.12. The van der Waals surface area contributed by atoms with Gasteiger partial charge in [0.15, 0.2) is 0 Å². The van der Waals surface area contributed by atoms with E-state index in [4.69, 9.17) is 12.2 Å². The first-order valence-electron chi connectivity index (χ1n) is 3.04. The fourth-order valence-corrected chi connectivity index (χ4v) is 1.21. The molecule has 0 aromatic rings. The average molecular weight is 127 g/mol. The molecular formula is C7H10FN.